The lowest BCUT2D eigenvalue weighted by Gasteiger charge is -2.09. The molecule has 2 atom stereocenters. The summed E-state index contributed by atoms with van der Waals surface area (Å²) in [6, 6.07) is 5.63. The Morgan fingerprint density at radius 1 is 1.42 bits per heavy atom. The number of rotatable bonds is 4. The van der Waals surface area contributed by atoms with Crippen LogP contribution in [-0.4, -0.2) is 18.4 Å². The zero-order chi connectivity index (χ0) is 14.0. The van der Waals surface area contributed by atoms with Crippen molar-refractivity contribution in [1.82, 2.24) is 5.32 Å². The van der Waals surface area contributed by atoms with Gasteiger partial charge in [-0.3, -0.25) is 9.59 Å². The summed E-state index contributed by atoms with van der Waals surface area (Å²) in [5.74, 6) is 0.334. The van der Waals surface area contributed by atoms with E-state index in [2.05, 4.69) is 26.6 Å². The zero-order valence-corrected chi connectivity index (χ0v) is 12.6. The van der Waals surface area contributed by atoms with E-state index in [1.165, 1.54) is 0 Å². The minimum absolute atomic E-state index is 0.0184. The number of nitrogens with one attached hydrogen (secondary N) is 2. The van der Waals surface area contributed by atoms with Crippen molar-refractivity contribution < 1.29 is 9.59 Å². The minimum Gasteiger partial charge on any atom is -0.347 e. The van der Waals surface area contributed by atoms with E-state index in [0.29, 0.717) is 5.92 Å². The van der Waals surface area contributed by atoms with E-state index < -0.39 is 0 Å². The van der Waals surface area contributed by atoms with E-state index in [9.17, 15) is 9.59 Å². The summed E-state index contributed by atoms with van der Waals surface area (Å²) < 4.78 is 0.971. The average Bonchev–Trinajstić information content (AvgIpc) is 3.07. The van der Waals surface area contributed by atoms with Gasteiger partial charge in [0.15, 0.2) is 0 Å². The monoisotopic (exact) mass is 324 g/mol. The lowest BCUT2D eigenvalue weighted by Crippen LogP contribution is -2.34. The first-order valence-electron chi connectivity index (χ1n) is 6.31. The molecule has 1 aromatic carbocycles. The Bertz CT molecular complexity index is 516. The van der Waals surface area contributed by atoms with Gasteiger partial charge in [0.1, 0.15) is 0 Å². The van der Waals surface area contributed by atoms with Gasteiger partial charge < -0.3 is 10.6 Å². The predicted molar refractivity (Wildman–Crippen MR) is 77.8 cm³/mol. The van der Waals surface area contributed by atoms with Crippen LogP contribution in [0.3, 0.4) is 0 Å². The highest BCUT2D eigenvalue weighted by atomic mass is 79.9. The second-order valence-corrected chi connectivity index (χ2v) is 5.96. The minimum atomic E-state index is -0.202. The first-order chi connectivity index (χ1) is 8.97. The fourth-order valence-corrected chi connectivity index (χ4v) is 2.42. The highest BCUT2D eigenvalue weighted by Gasteiger charge is 2.38. The number of aryl methyl sites for hydroxylation is 1. The Balaban J connectivity index is 1.82. The summed E-state index contributed by atoms with van der Waals surface area (Å²) in [7, 11) is 0. The van der Waals surface area contributed by atoms with Gasteiger partial charge in [0, 0.05) is 16.1 Å². The molecule has 1 aliphatic carbocycles. The molecule has 2 amide bonds. The van der Waals surface area contributed by atoms with Crippen LogP contribution in [-0.2, 0) is 9.59 Å². The Hall–Kier alpha value is -1.36. The molecule has 2 unspecified atom stereocenters. The van der Waals surface area contributed by atoms with Crippen molar-refractivity contribution >= 4 is 33.4 Å². The van der Waals surface area contributed by atoms with Crippen LogP contribution in [0, 0.1) is 18.8 Å². The van der Waals surface area contributed by atoms with Crippen LogP contribution in [0.5, 0.6) is 0 Å². The second-order valence-electron chi connectivity index (χ2n) is 5.04. The van der Waals surface area contributed by atoms with E-state index in [1.54, 1.807) is 0 Å². The third-order valence-corrected chi connectivity index (χ3v) is 3.83. The molecular formula is C14H17BrN2O2. The molecule has 0 spiro atoms. The molecule has 0 bridgehead atoms. The molecule has 0 heterocycles. The number of halogens is 1. The van der Waals surface area contributed by atoms with Crippen molar-refractivity contribution in [2.24, 2.45) is 11.8 Å². The van der Waals surface area contributed by atoms with Crippen molar-refractivity contribution in [3.05, 3.63) is 28.2 Å². The van der Waals surface area contributed by atoms with Gasteiger partial charge in [0.2, 0.25) is 11.8 Å². The van der Waals surface area contributed by atoms with Crippen molar-refractivity contribution in [1.29, 1.82) is 0 Å². The lowest BCUT2D eigenvalue weighted by molar-refractivity contribution is -0.125. The van der Waals surface area contributed by atoms with Gasteiger partial charge in [-0.25, -0.2) is 0 Å². The summed E-state index contributed by atoms with van der Waals surface area (Å²) >= 11 is 3.37. The average molecular weight is 325 g/mol. The molecule has 1 aromatic rings. The van der Waals surface area contributed by atoms with E-state index in [-0.39, 0.29) is 24.3 Å². The molecule has 5 heteroatoms. The summed E-state index contributed by atoms with van der Waals surface area (Å²) in [5.41, 5.74) is 1.74. The summed E-state index contributed by atoms with van der Waals surface area (Å²) in [5, 5.41) is 5.45. The second kappa shape index (κ2) is 5.74. The maximum atomic E-state index is 11.7. The fourth-order valence-electron chi connectivity index (χ4n) is 1.95. The molecule has 0 radical (unpaired) electrons. The van der Waals surface area contributed by atoms with Crippen LogP contribution in [0.25, 0.3) is 0 Å². The molecule has 1 fully saturated rings. The molecule has 1 aliphatic rings. The maximum absolute atomic E-state index is 11.7. The van der Waals surface area contributed by atoms with Gasteiger partial charge in [-0.15, -0.1) is 0 Å². The molecule has 2 rings (SSSR count). The van der Waals surface area contributed by atoms with Gasteiger partial charge >= 0.3 is 0 Å². The molecule has 19 heavy (non-hydrogen) atoms. The zero-order valence-electron chi connectivity index (χ0n) is 11.0. The molecule has 4 nitrogen and oxygen atoms in total. The Morgan fingerprint density at radius 3 is 2.68 bits per heavy atom. The molecule has 0 aliphatic heterocycles. The van der Waals surface area contributed by atoms with E-state index in [1.807, 2.05) is 32.0 Å². The molecule has 2 N–H and O–H groups in total. The van der Waals surface area contributed by atoms with Crippen LogP contribution in [0.1, 0.15) is 18.9 Å². The van der Waals surface area contributed by atoms with Crippen LogP contribution < -0.4 is 10.6 Å². The first kappa shape index (κ1) is 14.1. The predicted octanol–water partition coefficient (Wildman–Crippen LogP) is 2.47. The third-order valence-electron chi connectivity index (χ3n) is 3.33. The normalized spacial score (nSPS) is 20.8. The number of benzene rings is 1. The molecular weight excluding hydrogens is 308 g/mol. The van der Waals surface area contributed by atoms with Crippen LogP contribution in [0.2, 0.25) is 0 Å². The molecule has 0 saturated heterocycles. The maximum Gasteiger partial charge on any atom is 0.243 e. The number of carbonyl (C=O) groups excluding carboxylic acids is 2. The van der Waals surface area contributed by atoms with E-state index in [4.69, 9.17) is 0 Å². The van der Waals surface area contributed by atoms with Crippen LogP contribution in [0.4, 0.5) is 5.69 Å². The van der Waals surface area contributed by atoms with E-state index in [0.717, 1.165) is 22.1 Å². The first-order valence-corrected chi connectivity index (χ1v) is 7.10. The van der Waals surface area contributed by atoms with Crippen molar-refractivity contribution in [2.45, 2.75) is 20.3 Å². The largest absolute Gasteiger partial charge is 0.347 e. The highest BCUT2D eigenvalue weighted by molar-refractivity contribution is 9.10. The Morgan fingerprint density at radius 2 is 2.11 bits per heavy atom. The van der Waals surface area contributed by atoms with Gasteiger partial charge in [-0.2, -0.15) is 0 Å². The number of anilines is 1. The quantitative estimate of drug-likeness (QED) is 0.893. The van der Waals surface area contributed by atoms with Crippen LogP contribution >= 0.6 is 15.9 Å². The van der Waals surface area contributed by atoms with E-state index >= 15 is 0 Å². The highest BCUT2D eigenvalue weighted by Crippen LogP contribution is 2.37. The van der Waals surface area contributed by atoms with Crippen molar-refractivity contribution in [3.8, 4) is 0 Å². The smallest absolute Gasteiger partial charge is 0.243 e. The molecule has 102 valence electrons. The summed E-state index contributed by atoms with van der Waals surface area (Å²) in [6.45, 7) is 3.98. The van der Waals surface area contributed by atoms with Gasteiger partial charge in [0.05, 0.1) is 6.54 Å². The number of carbonyl (C=O) groups is 2. The number of hydrogen-bond acceptors (Lipinski definition) is 2. The van der Waals surface area contributed by atoms with Gasteiger partial charge in [-0.05, 0) is 43.0 Å². The third kappa shape index (κ3) is 3.80. The Labute approximate surface area is 121 Å². The molecule has 1 saturated carbocycles. The van der Waals surface area contributed by atoms with Crippen molar-refractivity contribution in [2.75, 3.05) is 11.9 Å². The lowest BCUT2D eigenvalue weighted by atomic mass is 10.2. The van der Waals surface area contributed by atoms with Crippen molar-refractivity contribution in [3.63, 3.8) is 0 Å². The summed E-state index contributed by atoms with van der Waals surface area (Å²) in [4.78, 5) is 23.3. The topological polar surface area (TPSA) is 58.2 Å². The standard InChI is InChI=1S/C14H17BrN2O2/c1-8-6-11(8)14(19)16-7-13(18)17-12-4-3-10(15)5-9(12)2/h3-5,8,11H,6-7H2,1-2H3,(H,16,19)(H,17,18). The van der Waals surface area contributed by atoms with Crippen LogP contribution in [0.15, 0.2) is 22.7 Å². The summed E-state index contributed by atoms with van der Waals surface area (Å²) in [6.07, 6.45) is 0.930. The van der Waals surface area contributed by atoms with Gasteiger partial charge in [-0.1, -0.05) is 22.9 Å². The Kier molecular flexibility index (Phi) is 4.24. The SMILES string of the molecule is Cc1cc(Br)ccc1NC(=O)CNC(=O)C1CC1C. The number of amides is 2. The fraction of sp³-hybridized carbons (Fsp3) is 0.429. The van der Waals surface area contributed by atoms with Gasteiger partial charge in [0.25, 0.3) is 0 Å². The number of hydrogen-bond donors (Lipinski definition) is 2. The molecule has 0 aromatic heterocycles.